The zero-order valence-corrected chi connectivity index (χ0v) is 12.0. The van der Waals surface area contributed by atoms with Crippen molar-refractivity contribution in [1.29, 1.82) is 0 Å². The maximum Gasteiger partial charge on any atom is 0.407 e. The topological polar surface area (TPSA) is 102 Å². The van der Waals surface area contributed by atoms with Gasteiger partial charge in [-0.25, -0.2) is 4.79 Å². The van der Waals surface area contributed by atoms with E-state index >= 15 is 0 Å². The second kappa shape index (κ2) is 8.19. The number of rotatable bonds is 7. The van der Waals surface area contributed by atoms with E-state index in [1.165, 1.54) is 6.08 Å². The van der Waals surface area contributed by atoms with Gasteiger partial charge in [0.1, 0.15) is 12.2 Å². The highest BCUT2D eigenvalue weighted by Gasteiger charge is 2.24. The maximum absolute atomic E-state index is 11.4. The van der Waals surface area contributed by atoms with Crippen molar-refractivity contribution in [1.82, 2.24) is 5.32 Å². The van der Waals surface area contributed by atoms with Gasteiger partial charge in [-0.2, -0.15) is 0 Å². The molecule has 0 aromatic heterocycles. The molecule has 7 nitrogen and oxygen atoms in total. The third-order valence-corrected chi connectivity index (χ3v) is 2.02. The Kier molecular flexibility index (Phi) is 7.35. The van der Waals surface area contributed by atoms with Crippen molar-refractivity contribution in [2.24, 2.45) is 5.92 Å². The van der Waals surface area contributed by atoms with Gasteiger partial charge in [0.25, 0.3) is 0 Å². The van der Waals surface area contributed by atoms with Crippen LogP contribution in [0.15, 0.2) is 12.7 Å². The van der Waals surface area contributed by atoms with Gasteiger partial charge in [0.15, 0.2) is 0 Å². The number of hydrogen-bond acceptors (Lipinski definition) is 5. The normalized spacial score (nSPS) is 12.2. The first-order valence-corrected chi connectivity index (χ1v) is 6.12. The third kappa shape index (κ3) is 8.96. The lowest BCUT2D eigenvalue weighted by Gasteiger charge is -2.20. The molecule has 0 heterocycles. The number of ether oxygens (including phenoxy) is 2. The van der Waals surface area contributed by atoms with Gasteiger partial charge in [-0.3, -0.25) is 9.59 Å². The van der Waals surface area contributed by atoms with Crippen molar-refractivity contribution in [3.05, 3.63) is 12.7 Å². The molecule has 1 atom stereocenters. The molecule has 20 heavy (non-hydrogen) atoms. The molecule has 0 fully saturated rings. The van der Waals surface area contributed by atoms with Gasteiger partial charge < -0.3 is 19.9 Å². The number of esters is 1. The van der Waals surface area contributed by atoms with Gasteiger partial charge in [0, 0.05) is 6.54 Å². The lowest BCUT2D eigenvalue weighted by atomic mass is 10.1. The van der Waals surface area contributed by atoms with Crippen molar-refractivity contribution in [2.75, 3.05) is 13.2 Å². The zero-order valence-electron chi connectivity index (χ0n) is 12.0. The molecular formula is C13H21NO6. The lowest BCUT2D eigenvalue weighted by molar-refractivity contribution is -0.150. The fraction of sp³-hybridized carbons (Fsp3) is 0.615. The van der Waals surface area contributed by atoms with E-state index in [9.17, 15) is 14.4 Å². The summed E-state index contributed by atoms with van der Waals surface area (Å²) < 4.78 is 9.66. The molecule has 0 aromatic carbocycles. The van der Waals surface area contributed by atoms with E-state index in [0.717, 1.165) is 0 Å². The number of nitrogens with one attached hydrogen (secondary N) is 1. The predicted molar refractivity (Wildman–Crippen MR) is 71.1 cm³/mol. The van der Waals surface area contributed by atoms with E-state index in [1.807, 2.05) is 0 Å². The highest BCUT2D eigenvalue weighted by Crippen LogP contribution is 2.08. The second-order valence-corrected chi connectivity index (χ2v) is 5.09. The minimum Gasteiger partial charge on any atom is -0.481 e. The van der Waals surface area contributed by atoms with Crippen LogP contribution >= 0.6 is 0 Å². The minimum atomic E-state index is -1.20. The van der Waals surface area contributed by atoms with Crippen molar-refractivity contribution in [3.8, 4) is 0 Å². The first-order chi connectivity index (χ1) is 9.15. The van der Waals surface area contributed by atoms with Gasteiger partial charge in [-0.1, -0.05) is 12.7 Å². The Morgan fingerprint density at radius 2 is 1.95 bits per heavy atom. The standard InChI is InChI=1S/C13H21NO6/c1-5-6-19-10(15)7-9(11(16)17)8-14-12(18)20-13(2,3)4/h5,9H,1,6-8H2,2-4H3,(H,14,18)(H,16,17)/t9-/m0/s1. The number of aliphatic carboxylic acids is 1. The average molecular weight is 287 g/mol. The molecule has 0 saturated heterocycles. The fourth-order valence-corrected chi connectivity index (χ4v) is 1.18. The molecule has 0 aromatic rings. The van der Waals surface area contributed by atoms with Crippen LogP contribution in [0.2, 0.25) is 0 Å². The van der Waals surface area contributed by atoms with E-state index in [1.54, 1.807) is 20.8 Å². The summed E-state index contributed by atoms with van der Waals surface area (Å²) in [5.74, 6) is -2.93. The molecule has 0 bridgehead atoms. The highest BCUT2D eigenvalue weighted by atomic mass is 16.6. The second-order valence-electron chi connectivity index (χ2n) is 5.09. The summed E-state index contributed by atoms with van der Waals surface area (Å²) >= 11 is 0. The zero-order chi connectivity index (χ0) is 15.8. The lowest BCUT2D eigenvalue weighted by Crippen LogP contribution is -2.38. The Hall–Kier alpha value is -2.05. The monoisotopic (exact) mass is 287 g/mol. The van der Waals surface area contributed by atoms with Crippen LogP contribution < -0.4 is 5.32 Å². The molecule has 2 N–H and O–H groups in total. The molecule has 0 aliphatic rings. The Morgan fingerprint density at radius 1 is 1.35 bits per heavy atom. The van der Waals surface area contributed by atoms with Gasteiger partial charge in [0.05, 0.1) is 12.3 Å². The van der Waals surface area contributed by atoms with Crippen LogP contribution in [0.4, 0.5) is 4.79 Å². The first-order valence-electron chi connectivity index (χ1n) is 6.12. The van der Waals surface area contributed by atoms with Gasteiger partial charge in [0.2, 0.25) is 0 Å². The van der Waals surface area contributed by atoms with Crippen LogP contribution in [-0.2, 0) is 19.1 Å². The summed E-state index contributed by atoms with van der Waals surface area (Å²) in [6.45, 7) is 8.24. The molecular weight excluding hydrogens is 266 g/mol. The molecule has 0 unspecified atom stereocenters. The summed E-state index contributed by atoms with van der Waals surface area (Å²) in [5.41, 5.74) is -0.675. The molecule has 0 aliphatic carbocycles. The van der Waals surface area contributed by atoms with E-state index < -0.39 is 29.6 Å². The number of hydrogen-bond donors (Lipinski definition) is 2. The average Bonchev–Trinajstić information content (AvgIpc) is 2.29. The SMILES string of the molecule is C=CCOC(=O)C[C@@H](CNC(=O)OC(C)(C)C)C(=O)O. The molecule has 0 aliphatic heterocycles. The number of amides is 1. The number of carbonyl (C=O) groups is 3. The van der Waals surface area contributed by atoms with Gasteiger partial charge >= 0.3 is 18.0 Å². The van der Waals surface area contributed by atoms with Crippen molar-refractivity contribution < 1.29 is 29.0 Å². The van der Waals surface area contributed by atoms with E-state index in [-0.39, 0.29) is 19.6 Å². The molecule has 0 saturated carbocycles. The Balaban J connectivity index is 4.28. The summed E-state index contributed by atoms with van der Waals surface area (Å²) in [5, 5.41) is 11.3. The highest BCUT2D eigenvalue weighted by molar-refractivity contribution is 5.79. The minimum absolute atomic E-state index is 0.0185. The number of carbonyl (C=O) groups excluding carboxylic acids is 2. The Labute approximate surface area is 117 Å². The van der Waals surface area contributed by atoms with Gasteiger partial charge in [-0.15, -0.1) is 0 Å². The summed E-state index contributed by atoms with van der Waals surface area (Å²) in [6.07, 6.45) is 0.314. The number of carboxylic acid groups (broad SMARTS) is 1. The van der Waals surface area contributed by atoms with Crippen LogP contribution in [0, 0.1) is 5.92 Å². The van der Waals surface area contributed by atoms with E-state index in [4.69, 9.17) is 14.6 Å². The van der Waals surface area contributed by atoms with Gasteiger partial charge in [-0.05, 0) is 20.8 Å². The van der Waals surface area contributed by atoms with Crippen molar-refractivity contribution in [2.45, 2.75) is 32.8 Å². The smallest absolute Gasteiger partial charge is 0.407 e. The molecule has 7 heteroatoms. The van der Waals surface area contributed by atoms with Crippen molar-refractivity contribution in [3.63, 3.8) is 0 Å². The summed E-state index contributed by atoms with van der Waals surface area (Å²) in [6, 6.07) is 0. The molecule has 0 spiro atoms. The quantitative estimate of drug-likeness (QED) is 0.541. The van der Waals surface area contributed by atoms with Crippen LogP contribution in [0.5, 0.6) is 0 Å². The van der Waals surface area contributed by atoms with E-state index in [0.29, 0.717) is 0 Å². The van der Waals surface area contributed by atoms with Crippen molar-refractivity contribution >= 4 is 18.0 Å². The Bertz CT molecular complexity index is 372. The van der Waals surface area contributed by atoms with Crippen LogP contribution in [0.1, 0.15) is 27.2 Å². The summed E-state index contributed by atoms with van der Waals surface area (Å²) in [7, 11) is 0. The van der Waals surface area contributed by atoms with Crippen LogP contribution in [-0.4, -0.2) is 41.9 Å². The number of alkyl carbamates (subject to hydrolysis) is 1. The summed E-state index contributed by atoms with van der Waals surface area (Å²) in [4.78, 5) is 33.7. The van der Waals surface area contributed by atoms with E-state index in [2.05, 4.69) is 11.9 Å². The molecule has 1 amide bonds. The third-order valence-electron chi connectivity index (χ3n) is 2.02. The molecule has 0 rings (SSSR count). The first kappa shape index (κ1) is 17.9. The predicted octanol–water partition coefficient (Wildman–Crippen LogP) is 1.33. The fourth-order valence-electron chi connectivity index (χ4n) is 1.18. The van der Waals surface area contributed by atoms with Crippen LogP contribution in [0.3, 0.4) is 0 Å². The maximum atomic E-state index is 11.4. The van der Waals surface area contributed by atoms with Crippen LogP contribution in [0.25, 0.3) is 0 Å². The number of carboxylic acids is 1. The largest absolute Gasteiger partial charge is 0.481 e. The Morgan fingerprint density at radius 3 is 2.40 bits per heavy atom. The molecule has 114 valence electrons. The molecule has 0 radical (unpaired) electrons.